The Kier molecular flexibility index (Phi) is 4.41. The van der Waals surface area contributed by atoms with Crippen molar-refractivity contribution in [1.82, 2.24) is 0 Å². The Balaban J connectivity index is 0.00000181. The van der Waals surface area contributed by atoms with Gasteiger partial charge in [0, 0.05) is 21.1 Å². The summed E-state index contributed by atoms with van der Waals surface area (Å²) < 4.78 is 0. The van der Waals surface area contributed by atoms with E-state index in [1.54, 1.807) is 5.57 Å². The first-order chi connectivity index (χ1) is 13.9. The summed E-state index contributed by atoms with van der Waals surface area (Å²) in [5.41, 5.74) is 12.4. The van der Waals surface area contributed by atoms with Gasteiger partial charge in [-0.25, -0.2) is 0 Å². The molecule has 0 amide bonds. The molecule has 29 heavy (non-hydrogen) atoms. The minimum absolute atomic E-state index is 0. The summed E-state index contributed by atoms with van der Waals surface area (Å²) in [6, 6.07) is 24.9. The third-order valence-corrected chi connectivity index (χ3v) is 6.61. The van der Waals surface area contributed by atoms with E-state index in [9.17, 15) is 0 Å². The SMILES string of the molecule is CC[N-]c1ccc2c(c1)-c1ccccc1C21C2=C(C=CCC2)c2ccccc21.[W]. The quantitative estimate of drug-likeness (QED) is 0.326. The Bertz CT molecular complexity index is 1190. The van der Waals surface area contributed by atoms with Gasteiger partial charge >= 0.3 is 0 Å². The van der Waals surface area contributed by atoms with Crippen LogP contribution in [0.4, 0.5) is 5.69 Å². The molecule has 1 spiro atoms. The third-order valence-electron chi connectivity index (χ3n) is 6.61. The molecule has 3 aliphatic carbocycles. The summed E-state index contributed by atoms with van der Waals surface area (Å²) in [6.45, 7) is 2.91. The Labute approximate surface area is 186 Å². The second-order valence-corrected chi connectivity index (χ2v) is 7.88. The molecule has 3 aliphatic rings. The molecule has 0 bridgehead atoms. The van der Waals surface area contributed by atoms with Crippen LogP contribution in [0.3, 0.4) is 0 Å². The van der Waals surface area contributed by atoms with Gasteiger partial charge in [0.15, 0.2) is 0 Å². The van der Waals surface area contributed by atoms with Crippen LogP contribution in [0.15, 0.2) is 84.5 Å². The second kappa shape index (κ2) is 6.85. The topological polar surface area (TPSA) is 14.1 Å². The minimum Gasteiger partial charge on any atom is -0.684 e. The number of nitrogens with zero attached hydrogens (tertiary/aromatic N) is 1. The minimum atomic E-state index is -0.145. The van der Waals surface area contributed by atoms with Gasteiger partial charge in [0.2, 0.25) is 0 Å². The van der Waals surface area contributed by atoms with Crippen LogP contribution in [0, 0.1) is 0 Å². The number of allylic oxidation sites excluding steroid dienone is 4. The van der Waals surface area contributed by atoms with Gasteiger partial charge in [0.1, 0.15) is 0 Å². The second-order valence-electron chi connectivity index (χ2n) is 7.88. The number of hydrogen-bond donors (Lipinski definition) is 0. The average Bonchev–Trinajstić information content (AvgIpc) is 3.21. The van der Waals surface area contributed by atoms with Crippen molar-refractivity contribution in [3.63, 3.8) is 0 Å². The van der Waals surface area contributed by atoms with E-state index in [0.717, 1.165) is 25.1 Å². The van der Waals surface area contributed by atoms with Gasteiger partial charge in [-0.3, -0.25) is 0 Å². The Morgan fingerprint density at radius 3 is 2.31 bits per heavy atom. The van der Waals surface area contributed by atoms with Crippen LogP contribution in [0.25, 0.3) is 22.0 Å². The molecule has 1 atom stereocenters. The van der Waals surface area contributed by atoms with Gasteiger partial charge in [-0.1, -0.05) is 85.8 Å². The number of rotatable bonds is 2. The molecular weight excluding hydrogens is 522 g/mol. The summed E-state index contributed by atoms with van der Waals surface area (Å²) in [5.74, 6) is 0. The van der Waals surface area contributed by atoms with E-state index in [0.29, 0.717) is 0 Å². The maximum atomic E-state index is 4.67. The van der Waals surface area contributed by atoms with Gasteiger partial charge < -0.3 is 5.32 Å². The van der Waals surface area contributed by atoms with Crippen LogP contribution in [0.1, 0.15) is 42.0 Å². The van der Waals surface area contributed by atoms with Crippen molar-refractivity contribution in [2.45, 2.75) is 25.2 Å². The van der Waals surface area contributed by atoms with Crippen LogP contribution >= 0.6 is 0 Å². The molecule has 0 saturated heterocycles. The molecule has 3 aromatic carbocycles. The van der Waals surface area contributed by atoms with E-state index in [1.165, 1.54) is 39.0 Å². The Hall–Kier alpha value is -2.37. The van der Waals surface area contributed by atoms with Gasteiger partial charge in [-0.2, -0.15) is 0 Å². The molecule has 0 radical (unpaired) electrons. The molecule has 0 N–H and O–H groups in total. The first kappa shape index (κ1) is 18.6. The summed E-state index contributed by atoms with van der Waals surface area (Å²) in [6.07, 6.45) is 6.93. The number of benzene rings is 3. The smallest absolute Gasteiger partial charge is 0.0688 e. The molecular formula is C27H22NW-. The van der Waals surface area contributed by atoms with E-state index in [2.05, 4.69) is 91.1 Å². The summed E-state index contributed by atoms with van der Waals surface area (Å²) in [5, 5.41) is 4.67. The van der Waals surface area contributed by atoms with Crippen molar-refractivity contribution in [2.75, 3.05) is 6.54 Å². The van der Waals surface area contributed by atoms with Gasteiger partial charge in [-0.05, 0) is 57.4 Å². The predicted octanol–water partition coefficient (Wildman–Crippen LogP) is 7.14. The zero-order valence-electron chi connectivity index (χ0n) is 16.5. The van der Waals surface area contributed by atoms with Crippen molar-refractivity contribution in [3.05, 3.63) is 112 Å². The molecule has 0 saturated carbocycles. The molecule has 1 unspecified atom stereocenters. The zero-order valence-corrected chi connectivity index (χ0v) is 19.4. The molecule has 3 aromatic rings. The van der Waals surface area contributed by atoms with E-state index < -0.39 is 0 Å². The molecule has 0 fully saturated rings. The first-order valence-electron chi connectivity index (χ1n) is 10.3. The van der Waals surface area contributed by atoms with Crippen molar-refractivity contribution in [3.8, 4) is 11.1 Å². The summed E-state index contributed by atoms with van der Waals surface area (Å²) >= 11 is 0. The van der Waals surface area contributed by atoms with Gasteiger partial charge in [-0.15, -0.1) is 12.2 Å². The third kappa shape index (κ3) is 2.31. The summed E-state index contributed by atoms with van der Waals surface area (Å²) in [7, 11) is 0. The number of hydrogen-bond acceptors (Lipinski definition) is 0. The van der Waals surface area contributed by atoms with Crippen LogP contribution in [0.5, 0.6) is 0 Å². The Morgan fingerprint density at radius 1 is 0.828 bits per heavy atom. The molecule has 1 nitrogen and oxygen atoms in total. The van der Waals surface area contributed by atoms with Crippen LogP contribution in [-0.4, -0.2) is 6.54 Å². The maximum absolute atomic E-state index is 4.67. The molecule has 0 aromatic heterocycles. The van der Waals surface area contributed by atoms with E-state index in [4.69, 9.17) is 0 Å². The van der Waals surface area contributed by atoms with Crippen LogP contribution < -0.4 is 0 Å². The largest absolute Gasteiger partial charge is 0.684 e. The van der Waals surface area contributed by atoms with E-state index in [1.807, 2.05) is 0 Å². The fourth-order valence-electron chi connectivity index (χ4n) is 5.68. The maximum Gasteiger partial charge on any atom is 0.0688 e. The zero-order chi connectivity index (χ0) is 18.7. The molecule has 2 heteroatoms. The van der Waals surface area contributed by atoms with Gasteiger partial charge in [0.05, 0.1) is 5.41 Å². The first-order valence-corrected chi connectivity index (χ1v) is 10.3. The molecule has 142 valence electrons. The van der Waals surface area contributed by atoms with E-state index in [-0.39, 0.29) is 26.5 Å². The molecule has 0 aliphatic heterocycles. The number of fused-ring (bicyclic) bond motifs is 9. The predicted molar refractivity (Wildman–Crippen MR) is 117 cm³/mol. The van der Waals surface area contributed by atoms with Gasteiger partial charge in [0.25, 0.3) is 0 Å². The van der Waals surface area contributed by atoms with E-state index >= 15 is 0 Å². The van der Waals surface area contributed by atoms with Crippen LogP contribution in [-0.2, 0) is 26.5 Å². The van der Waals surface area contributed by atoms with Crippen molar-refractivity contribution in [2.24, 2.45) is 0 Å². The fourth-order valence-corrected chi connectivity index (χ4v) is 5.68. The average molecular weight is 544 g/mol. The van der Waals surface area contributed by atoms with Crippen LogP contribution in [0.2, 0.25) is 0 Å². The molecule has 6 rings (SSSR count). The standard InChI is InChI=1S/C27H22N.W/c1-2-28-18-15-16-26-22(17-18)21-11-5-8-14-25(21)27(26)23-12-6-3-9-19(23)20-10-4-7-13-24(20)27;/h3-6,8-12,14-17H,2,7,13H2,1H3;/q-1;. The summed E-state index contributed by atoms with van der Waals surface area (Å²) in [4.78, 5) is 0. The van der Waals surface area contributed by atoms with Crippen molar-refractivity contribution < 1.29 is 21.1 Å². The van der Waals surface area contributed by atoms with Crippen molar-refractivity contribution in [1.29, 1.82) is 0 Å². The molecule has 0 heterocycles. The normalized spacial score (nSPS) is 20.0. The monoisotopic (exact) mass is 544 g/mol. The van der Waals surface area contributed by atoms with Crippen molar-refractivity contribution >= 4 is 11.3 Å². The Morgan fingerprint density at radius 2 is 1.52 bits per heavy atom. The fraction of sp³-hybridized carbons (Fsp3) is 0.185.